The minimum Gasteiger partial charge on any atom is -0.344 e. The van der Waals surface area contributed by atoms with Gasteiger partial charge in [0.2, 0.25) is 0 Å². The summed E-state index contributed by atoms with van der Waals surface area (Å²) in [5, 5.41) is 0. The molecular formula is C10H17N. The molecule has 0 bridgehead atoms. The molecule has 1 nitrogen and oxygen atoms in total. The van der Waals surface area contributed by atoms with E-state index in [1.165, 1.54) is 12.0 Å². The highest BCUT2D eigenvalue weighted by Gasteiger charge is 1.94. The van der Waals surface area contributed by atoms with Crippen molar-refractivity contribution in [3.05, 3.63) is 35.9 Å². The Morgan fingerprint density at radius 1 is 1.09 bits per heavy atom. The van der Waals surface area contributed by atoms with Gasteiger partial charge in [-0.3, -0.25) is 0 Å². The molecule has 1 heteroatoms. The van der Waals surface area contributed by atoms with Crippen LogP contribution in [0.25, 0.3) is 0 Å². The summed E-state index contributed by atoms with van der Waals surface area (Å²) in [6, 6.07) is 10.6. The van der Waals surface area contributed by atoms with Crippen LogP contribution in [0.3, 0.4) is 0 Å². The van der Waals surface area contributed by atoms with Gasteiger partial charge < -0.3 is 6.15 Å². The molecule has 1 rings (SSSR count). The molecular weight excluding hydrogens is 134 g/mol. The lowest BCUT2D eigenvalue weighted by atomic mass is 10.0. The third kappa shape index (κ3) is 3.79. The Kier molecular flexibility index (Phi) is 4.55. The average Bonchev–Trinajstić information content (AvgIpc) is 1.88. The molecule has 0 aliphatic rings. The molecule has 0 radical (unpaired) electrons. The van der Waals surface area contributed by atoms with E-state index in [4.69, 9.17) is 0 Å². The molecule has 0 atom stereocenters. The molecule has 11 heavy (non-hydrogen) atoms. The topological polar surface area (TPSA) is 35.0 Å². The van der Waals surface area contributed by atoms with Crippen molar-refractivity contribution in [3.8, 4) is 0 Å². The monoisotopic (exact) mass is 151 g/mol. The van der Waals surface area contributed by atoms with Crippen molar-refractivity contribution in [2.24, 2.45) is 5.92 Å². The van der Waals surface area contributed by atoms with Crippen molar-refractivity contribution in [2.75, 3.05) is 0 Å². The van der Waals surface area contributed by atoms with E-state index in [0.717, 1.165) is 5.92 Å². The Morgan fingerprint density at radius 3 is 2.09 bits per heavy atom. The van der Waals surface area contributed by atoms with Crippen LogP contribution < -0.4 is 6.15 Å². The summed E-state index contributed by atoms with van der Waals surface area (Å²) in [7, 11) is 0. The highest BCUT2D eigenvalue weighted by atomic mass is 14.0. The van der Waals surface area contributed by atoms with Crippen molar-refractivity contribution < 1.29 is 0 Å². The van der Waals surface area contributed by atoms with Crippen LogP contribution in [0.2, 0.25) is 0 Å². The second-order valence-electron chi connectivity index (χ2n) is 3.08. The van der Waals surface area contributed by atoms with Gasteiger partial charge in [0.15, 0.2) is 0 Å². The van der Waals surface area contributed by atoms with E-state index >= 15 is 0 Å². The molecule has 1 aromatic carbocycles. The smallest absolute Gasteiger partial charge is 0.0256 e. The predicted molar refractivity (Wildman–Crippen MR) is 50.0 cm³/mol. The molecule has 0 saturated carbocycles. The lowest BCUT2D eigenvalue weighted by molar-refractivity contribution is 0.647. The van der Waals surface area contributed by atoms with Gasteiger partial charge in [-0.25, -0.2) is 0 Å². The summed E-state index contributed by atoms with van der Waals surface area (Å²) in [5.74, 6) is 0.766. The third-order valence-corrected chi connectivity index (χ3v) is 1.49. The average molecular weight is 151 g/mol. The second-order valence-corrected chi connectivity index (χ2v) is 3.08. The van der Waals surface area contributed by atoms with Crippen molar-refractivity contribution in [3.63, 3.8) is 0 Å². The third-order valence-electron chi connectivity index (χ3n) is 1.49. The minimum atomic E-state index is 0. The Hall–Kier alpha value is -0.820. The summed E-state index contributed by atoms with van der Waals surface area (Å²) in [6.07, 6.45) is 1.20. The Morgan fingerprint density at radius 2 is 1.64 bits per heavy atom. The predicted octanol–water partition coefficient (Wildman–Crippen LogP) is 3.05. The van der Waals surface area contributed by atoms with Gasteiger partial charge in [-0.15, -0.1) is 0 Å². The molecule has 0 aromatic heterocycles. The van der Waals surface area contributed by atoms with Gasteiger partial charge in [0.1, 0.15) is 0 Å². The van der Waals surface area contributed by atoms with E-state index in [2.05, 4.69) is 44.2 Å². The minimum absolute atomic E-state index is 0. The zero-order valence-corrected chi connectivity index (χ0v) is 7.38. The van der Waals surface area contributed by atoms with Crippen LogP contribution in [0, 0.1) is 5.92 Å². The molecule has 0 spiro atoms. The van der Waals surface area contributed by atoms with Crippen molar-refractivity contribution in [2.45, 2.75) is 20.3 Å². The fraction of sp³-hybridized carbons (Fsp3) is 0.400. The highest BCUT2D eigenvalue weighted by Crippen LogP contribution is 2.05. The van der Waals surface area contributed by atoms with Crippen LogP contribution in [0.1, 0.15) is 19.4 Å². The Balaban J connectivity index is 0.000001000. The van der Waals surface area contributed by atoms with Gasteiger partial charge >= 0.3 is 0 Å². The number of benzene rings is 1. The number of hydrogen-bond donors (Lipinski definition) is 1. The standard InChI is InChI=1S/C10H14.H3N/c1-9(2)8-10-6-4-3-5-7-10;/h3-7,9H,8H2,1-2H3;1H3. The van der Waals surface area contributed by atoms with Crippen LogP contribution in [-0.4, -0.2) is 0 Å². The van der Waals surface area contributed by atoms with Gasteiger partial charge in [-0.05, 0) is 17.9 Å². The quantitative estimate of drug-likeness (QED) is 0.692. The molecule has 0 heterocycles. The zero-order chi connectivity index (χ0) is 7.40. The molecule has 0 saturated heterocycles. The van der Waals surface area contributed by atoms with Crippen LogP contribution in [0.15, 0.2) is 30.3 Å². The normalized spacial score (nSPS) is 9.36. The number of rotatable bonds is 2. The van der Waals surface area contributed by atoms with Crippen molar-refractivity contribution >= 4 is 0 Å². The largest absolute Gasteiger partial charge is 0.344 e. The zero-order valence-electron chi connectivity index (χ0n) is 7.38. The maximum atomic E-state index is 2.24. The SMILES string of the molecule is CC(C)Cc1ccccc1.N. The summed E-state index contributed by atoms with van der Waals surface area (Å²) in [4.78, 5) is 0. The Bertz CT molecular complexity index is 179. The summed E-state index contributed by atoms with van der Waals surface area (Å²) >= 11 is 0. The highest BCUT2D eigenvalue weighted by molar-refractivity contribution is 5.14. The fourth-order valence-electron chi connectivity index (χ4n) is 1.09. The number of hydrogen-bond acceptors (Lipinski definition) is 1. The molecule has 0 amide bonds. The van der Waals surface area contributed by atoms with Gasteiger partial charge in [-0.1, -0.05) is 44.2 Å². The molecule has 0 aliphatic heterocycles. The van der Waals surface area contributed by atoms with Crippen LogP contribution in [-0.2, 0) is 6.42 Å². The van der Waals surface area contributed by atoms with E-state index in [1.807, 2.05) is 0 Å². The molecule has 3 N–H and O–H groups in total. The van der Waals surface area contributed by atoms with Crippen molar-refractivity contribution in [1.82, 2.24) is 6.15 Å². The first-order valence-electron chi connectivity index (χ1n) is 3.83. The lowest BCUT2D eigenvalue weighted by Crippen LogP contribution is -1.92. The van der Waals surface area contributed by atoms with Crippen LogP contribution in [0.5, 0.6) is 0 Å². The lowest BCUT2D eigenvalue weighted by Gasteiger charge is -2.02. The first kappa shape index (κ1) is 10.2. The molecule has 62 valence electrons. The van der Waals surface area contributed by atoms with E-state index in [1.54, 1.807) is 0 Å². The van der Waals surface area contributed by atoms with Gasteiger partial charge in [0.25, 0.3) is 0 Å². The van der Waals surface area contributed by atoms with Crippen molar-refractivity contribution in [1.29, 1.82) is 0 Å². The first-order chi connectivity index (χ1) is 4.79. The molecule has 0 unspecified atom stereocenters. The van der Waals surface area contributed by atoms with Crippen LogP contribution in [0.4, 0.5) is 0 Å². The summed E-state index contributed by atoms with van der Waals surface area (Å²) < 4.78 is 0. The van der Waals surface area contributed by atoms with Gasteiger partial charge in [0.05, 0.1) is 0 Å². The Labute approximate surface area is 69.0 Å². The molecule has 0 aliphatic carbocycles. The fourth-order valence-corrected chi connectivity index (χ4v) is 1.09. The van der Waals surface area contributed by atoms with Gasteiger partial charge in [-0.2, -0.15) is 0 Å². The summed E-state index contributed by atoms with van der Waals surface area (Å²) in [6.45, 7) is 4.49. The molecule has 0 fully saturated rings. The summed E-state index contributed by atoms with van der Waals surface area (Å²) in [5.41, 5.74) is 1.44. The van der Waals surface area contributed by atoms with E-state index in [-0.39, 0.29) is 6.15 Å². The molecule has 1 aromatic rings. The van der Waals surface area contributed by atoms with E-state index < -0.39 is 0 Å². The maximum Gasteiger partial charge on any atom is -0.0256 e. The van der Waals surface area contributed by atoms with Crippen LogP contribution >= 0.6 is 0 Å². The first-order valence-corrected chi connectivity index (χ1v) is 3.83. The van der Waals surface area contributed by atoms with E-state index in [9.17, 15) is 0 Å². The van der Waals surface area contributed by atoms with Gasteiger partial charge in [0, 0.05) is 0 Å². The maximum absolute atomic E-state index is 2.24. The second kappa shape index (κ2) is 4.91. The van der Waals surface area contributed by atoms with E-state index in [0.29, 0.717) is 0 Å².